The first-order chi connectivity index (χ1) is 6.05. The Kier molecular flexibility index (Phi) is 3.14. The standard InChI is InChI=1S/C9H18N2O2/c1-9(2,7-10)13-8(12)11-5-3-4-6-11/h3-7,10H2,1-2H3. The first-order valence-corrected chi connectivity index (χ1v) is 4.73. The minimum atomic E-state index is -0.542. The molecular weight excluding hydrogens is 168 g/mol. The highest BCUT2D eigenvalue weighted by Crippen LogP contribution is 2.14. The Bertz CT molecular complexity index is 186. The van der Waals surface area contributed by atoms with E-state index >= 15 is 0 Å². The highest BCUT2D eigenvalue weighted by Gasteiger charge is 2.26. The van der Waals surface area contributed by atoms with E-state index in [0.29, 0.717) is 6.54 Å². The van der Waals surface area contributed by atoms with Crippen LogP contribution in [0.25, 0.3) is 0 Å². The van der Waals surface area contributed by atoms with Crippen molar-refractivity contribution in [1.82, 2.24) is 4.90 Å². The molecule has 4 heteroatoms. The van der Waals surface area contributed by atoms with Crippen LogP contribution in [0.4, 0.5) is 4.79 Å². The fourth-order valence-electron chi connectivity index (χ4n) is 1.24. The van der Waals surface area contributed by atoms with Crippen LogP contribution in [0.1, 0.15) is 26.7 Å². The molecule has 0 saturated carbocycles. The van der Waals surface area contributed by atoms with Crippen molar-refractivity contribution in [3.8, 4) is 0 Å². The Hall–Kier alpha value is -0.770. The van der Waals surface area contributed by atoms with Crippen molar-refractivity contribution in [2.75, 3.05) is 19.6 Å². The Labute approximate surface area is 79.0 Å². The van der Waals surface area contributed by atoms with Gasteiger partial charge in [-0.25, -0.2) is 4.79 Å². The van der Waals surface area contributed by atoms with Crippen molar-refractivity contribution in [3.63, 3.8) is 0 Å². The molecule has 0 spiro atoms. The van der Waals surface area contributed by atoms with E-state index in [2.05, 4.69) is 0 Å². The largest absolute Gasteiger partial charge is 0.442 e. The molecule has 2 N–H and O–H groups in total. The molecule has 1 heterocycles. The summed E-state index contributed by atoms with van der Waals surface area (Å²) in [7, 11) is 0. The van der Waals surface area contributed by atoms with Crippen LogP contribution in [-0.2, 0) is 4.74 Å². The zero-order chi connectivity index (χ0) is 9.90. The number of likely N-dealkylation sites (tertiary alicyclic amines) is 1. The molecule has 0 aromatic heterocycles. The highest BCUT2D eigenvalue weighted by molar-refractivity contribution is 5.68. The molecule has 0 radical (unpaired) electrons. The van der Waals surface area contributed by atoms with Crippen LogP contribution in [0.2, 0.25) is 0 Å². The molecule has 0 aliphatic carbocycles. The fraction of sp³-hybridized carbons (Fsp3) is 0.889. The lowest BCUT2D eigenvalue weighted by Gasteiger charge is -2.26. The van der Waals surface area contributed by atoms with E-state index in [1.807, 2.05) is 13.8 Å². The maximum atomic E-state index is 11.5. The van der Waals surface area contributed by atoms with Crippen LogP contribution in [0.3, 0.4) is 0 Å². The average Bonchev–Trinajstić information content (AvgIpc) is 2.55. The third kappa shape index (κ3) is 2.88. The van der Waals surface area contributed by atoms with E-state index in [9.17, 15) is 4.79 Å². The molecule has 1 rings (SSSR count). The van der Waals surface area contributed by atoms with Crippen molar-refractivity contribution in [2.45, 2.75) is 32.3 Å². The molecule has 76 valence electrons. The summed E-state index contributed by atoms with van der Waals surface area (Å²) in [6.07, 6.45) is 1.93. The quantitative estimate of drug-likeness (QED) is 0.698. The number of hydrogen-bond acceptors (Lipinski definition) is 3. The summed E-state index contributed by atoms with van der Waals surface area (Å²) in [6.45, 7) is 5.63. The van der Waals surface area contributed by atoms with Gasteiger partial charge in [-0.1, -0.05) is 0 Å². The molecule has 1 fully saturated rings. The van der Waals surface area contributed by atoms with Gasteiger partial charge in [-0.15, -0.1) is 0 Å². The second-order valence-corrected chi connectivity index (χ2v) is 4.03. The number of ether oxygens (including phenoxy) is 1. The second kappa shape index (κ2) is 3.96. The van der Waals surface area contributed by atoms with Crippen molar-refractivity contribution >= 4 is 6.09 Å². The summed E-state index contributed by atoms with van der Waals surface area (Å²) < 4.78 is 5.23. The predicted octanol–water partition coefficient (Wildman–Crippen LogP) is 0.956. The summed E-state index contributed by atoms with van der Waals surface area (Å²) >= 11 is 0. The van der Waals surface area contributed by atoms with Crippen molar-refractivity contribution in [1.29, 1.82) is 0 Å². The van der Waals surface area contributed by atoms with Gasteiger partial charge < -0.3 is 15.4 Å². The first-order valence-electron chi connectivity index (χ1n) is 4.73. The number of nitrogens with zero attached hydrogens (tertiary/aromatic N) is 1. The van der Waals surface area contributed by atoms with Crippen LogP contribution in [-0.4, -0.2) is 36.2 Å². The van der Waals surface area contributed by atoms with Gasteiger partial charge in [-0.3, -0.25) is 0 Å². The topological polar surface area (TPSA) is 55.6 Å². The molecule has 0 unspecified atom stereocenters. The van der Waals surface area contributed by atoms with Crippen LogP contribution in [0.5, 0.6) is 0 Å². The van der Waals surface area contributed by atoms with Gasteiger partial charge in [0.1, 0.15) is 5.60 Å². The number of amides is 1. The lowest BCUT2D eigenvalue weighted by Crippen LogP contribution is -2.41. The van der Waals surface area contributed by atoms with Crippen LogP contribution < -0.4 is 5.73 Å². The van der Waals surface area contributed by atoms with Crippen molar-refractivity contribution < 1.29 is 9.53 Å². The number of carbonyl (C=O) groups excluding carboxylic acids is 1. The molecule has 1 saturated heterocycles. The number of carbonyl (C=O) groups is 1. The van der Waals surface area contributed by atoms with Gasteiger partial charge in [-0.05, 0) is 26.7 Å². The monoisotopic (exact) mass is 186 g/mol. The predicted molar refractivity (Wildman–Crippen MR) is 50.4 cm³/mol. The van der Waals surface area contributed by atoms with Crippen LogP contribution >= 0.6 is 0 Å². The van der Waals surface area contributed by atoms with Crippen LogP contribution in [0.15, 0.2) is 0 Å². The van der Waals surface area contributed by atoms with Gasteiger partial charge in [0.2, 0.25) is 0 Å². The normalized spacial score (nSPS) is 17.6. The minimum Gasteiger partial charge on any atom is -0.442 e. The van der Waals surface area contributed by atoms with Gasteiger partial charge in [0.05, 0.1) is 0 Å². The molecule has 0 bridgehead atoms. The molecule has 1 amide bonds. The van der Waals surface area contributed by atoms with Gasteiger partial charge >= 0.3 is 6.09 Å². The fourth-order valence-corrected chi connectivity index (χ4v) is 1.24. The SMILES string of the molecule is CC(C)(CN)OC(=O)N1CCCC1. The highest BCUT2D eigenvalue weighted by atomic mass is 16.6. The van der Waals surface area contributed by atoms with Gasteiger partial charge in [-0.2, -0.15) is 0 Å². The molecule has 1 aliphatic heterocycles. The Morgan fingerprint density at radius 1 is 1.46 bits per heavy atom. The van der Waals surface area contributed by atoms with Gasteiger partial charge in [0, 0.05) is 19.6 Å². The first kappa shape index (κ1) is 10.3. The Morgan fingerprint density at radius 3 is 2.46 bits per heavy atom. The van der Waals surface area contributed by atoms with E-state index in [4.69, 9.17) is 10.5 Å². The molecule has 4 nitrogen and oxygen atoms in total. The van der Waals surface area contributed by atoms with Gasteiger partial charge in [0.25, 0.3) is 0 Å². The number of hydrogen-bond donors (Lipinski definition) is 1. The zero-order valence-electron chi connectivity index (χ0n) is 8.38. The van der Waals surface area contributed by atoms with E-state index in [1.165, 1.54) is 0 Å². The molecule has 0 aromatic rings. The summed E-state index contributed by atoms with van der Waals surface area (Å²) in [6, 6.07) is 0. The number of nitrogens with two attached hydrogens (primary N) is 1. The maximum absolute atomic E-state index is 11.5. The molecular formula is C9H18N2O2. The second-order valence-electron chi connectivity index (χ2n) is 4.03. The van der Waals surface area contributed by atoms with Crippen LogP contribution in [0, 0.1) is 0 Å². The Morgan fingerprint density at radius 2 is 2.00 bits per heavy atom. The summed E-state index contributed by atoms with van der Waals surface area (Å²) in [5.41, 5.74) is 4.92. The summed E-state index contributed by atoms with van der Waals surface area (Å²) in [5, 5.41) is 0. The Balaban J connectivity index is 2.40. The zero-order valence-corrected chi connectivity index (χ0v) is 8.38. The van der Waals surface area contributed by atoms with Crippen molar-refractivity contribution in [3.05, 3.63) is 0 Å². The maximum Gasteiger partial charge on any atom is 0.410 e. The van der Waals surface area contributed by atoms with Crippen molar-refractivity contribution in [2.24, 2.45) is 5.73 Å². The third-order valence-corrected chi connectivity index (χ3v) is 2.22. The average molecular weight is 186 g/mol. The number of rotatable bonds is 2. The minimum absolute atomic E-state index is 0.229. The lowest BCUT2D eigenvalue weighted by atomic mass is 10.1. The van der Waals surface area contributed by atoms with E-state index in [0.717, 1.165) is 25.9 Å². The lowest BCUT2D eigenvalue weighted by molar-refractivity contribution is 0.0232. The van der Waals surface area contributed by atoms with E-state index in [1.54, 1.807) is 4.90 Å². The molecule has 13 heavy (non-hydrogen) atoms. The smallest absolute Gasteiger partial charge is 0.410 e. The van der Waals surface area contributed by atoms with Gasteiger partial charge in [0.15, 0.2) is 0 Å². The third-order valence-electron chi connectivity index (χ3n) is 2.22. The molecule has 0 aromatic carbocycles. The van der Waals surface area contributed by atoms with E-state index in [-0.39, 0.29) is 6.09 Å². The molecule has 0 atom stereocenters. The summed E-state index contributed by atoms with van der Waals surface area (Å²) in [5.74, 6) is 0. The summed E-state index contributed by atoms with van der Waals surface area (Å²) in [4.78, 5) is 13.2. The molecule has 1 aliphatic rings. The van der Waals surface area contributed by atoms with E-state index < -0.39 is 5.60 Å².